The Labute approximate surface area is 129 Å². The second kappa shape index (κ2) is 5.97. The maximum atomic E-state index is 4.75. The molecule has 2 aromatic rings. The van der Waals surface area contributed by atoms with E-state index in [0.717, 1.165) is 36.2 Å². The van der Waals surface area contributed by atoms with Gasteiger partial charge in [0.25, 0.3) is 0 Å². The molecule has 0 radical (unpaired) electrons. The molecule has 2 heterocycles. The molecule has 2 aromatic heterocycles. The number of nitrogens with zero attached hydrogens (tertiary/aromatic N) is 4. The lowest BCUT2D eigenvalue weighted by Gasteiger charge is -2.19. The van der Waals surface area contributed by atoms with Crippen LogP contribution in [0, 0.1) is 6.92 Å². The van der Waals surface area contributed by atoms with E-state index in [1.807, 2.05) is 11.6 Å². The summed E-state index contributed by atoms with van der Waals surface area (Å²) >= 11 is 1.70. The molecule has 0 bridgehead atoms. The fourth-order valence-corrected chi connectivity index (χ4v) is 3.05. The summed E-state index contributed by atoms with van der Waals surface area (Å²) in [6.45, 7) is 5.85. The molecule has 1 saturated carbocycles. The Balaban J connectivity index is 1.83. The van der Waals surface area contributed by atoms with Crippen LogP contribution in [0.2, 0.25) is 0 Å². The predicted molar refractivity (Wildman–Crippen MR) is 87.1 cm³/mol. The number of hydrogen-bond acceptors (Lipinski definition) is 6. The zero-order valence-corrected chi connectivity index (χ0v) is 13.6. The highest BCUT2D eigenvalue weighted by Crippen LogP contribution is 2.39. The van der Waals surface area contributed by atoms with Crippen molar-refractivity contribution in [2.45, 2.75) is 39.2 Å². The van der Waals surface area contributed by atoms with E-state index in [4.69, 9.17) is 4.98 Å². The van der Waals surface area contributed by atoms with Crippen molar-refractivity contribution < 1.29 is 0 Å². The van der Waals surface area contributed by atoms with Gasteiger partial charge >= 0.3 is 0 Å². The third-order valence-corrected chi connectivity index (χ3v) is 4.57. The molecule has 0 aliphatic heterocycles. The molecule has 1 aliphatic rings. The van der Waals surface area contributed by atoms with Crippen molar-refractivity contribution in [3.05, 3.63) is 28.0 Å². The summed E-state index contributed by atoms with van der Waals surface area (Å²) < 4.78 is 0. The monoisotopic (exact) mass is 303 g/mol. The number of rotatable bonds is 6. The Bertz CT molecular complexity index is 620. The quantitative estimate of drug-likeness (QED) is 0.888. The first-order valence-electron chi connectivity index (χ1n) is 7.40. The largest absolute Gasteiger partial charge is 0.370 e. The van der Waals surface area contributed by atoms with Crippen LogP contribution in [0.4, 0.5) is 11.6 Å². The van der Waals surface area contributed by atoms with E-state index in [2.05, 4.69) is 41.1 Å². The summed E-state index contributed by atoms with van der Waals surface area (Å²) in [7, 11) is 2.08. The molecular formula is C15H21N5S. The molecule has 1 aliphatic carbocycles. The molecule has 6 heteroatoms. The van der Waals surface area contributed by atoms with Crippen LogP contribution in [0.15, 0.2) is 11.6 Å². The summed E-state index contributed by atoms with van der Waals surface area (Å²) in [5.74, 6) is 3.45. The third-order valence-electron chi connectivity index (χ3n) is 3.65. The van der Waals surface area contributed by atoms with Crippen LogP contribution in [-0.4, -0.2) is 28.5 Å². The predicted octanol–water partition coefficient (Wildman–Crippen LogP) is 3.19. The van der Waals surface area contributed by atoms with Gasteiger partial charge in [0.05, 0.1) is 17.7 Å². The molecular weight excluding hydrogens is 282 g/mol. The molecule has 21 heavy (non-hydrogen) atoms. The molecule has 112 valence electrons. The average molecular weight is 303 g/mol. The van der Waals surface area contributed by atoms with Gasteiger partial charge in [0.2, 0.25) is 0 Å². The fraction of sp³-hybridized carbons (Fsp3) is 0.533. The van der Waals surface area contributed by atoms with Crippen molar-refractivity contribution in [1.82, 2.24) is 15.0 Å². The van der Waals surface area contributed by atoms with E-state index in [1.165, 1.54) is 17.7 Å². The molecule has 3 rings (SSSR count). The number of anilines is 2. The number of thiazole rings is 1. The Kier molecular flexibility index (Phi) is 4.05. The van der Waals surface area contributed by atoms with Gasteiger partial charge in [-0.15, -0.1) is 11.3 Å². The first-order chi connectivity index (χ1) is 10.2. The molecule has 0 unspecified atom stereocenters. The van der Waals surface area contributed by atoms with E-state index >= 15 is 0 Å². The summed E-state index contributed by atoms with van der Waals surface area (Å²) in [6, 6.07) is 2.03. The van der Waals surface area contributed by atoms with Gasteiger partial charge in [-0.2, -0.15) is 0 Å². The van der Waals surface area contributed by atoms with Crippen molar-refractivity contribution in [2.75, 3.05) is 23.8 Å². The Morgan fingerprint density at radius 2 is 2.19 bits per heavy atom. The zero-order chi connectivity index (χ0) is 14.8. The number of hydrogen-bond donors (Lipinski definition) is 1. The number of aryl methyl sites for hydroxylation is 1. The molecule has 0 amide bonds. The molecule has 0 spiro atoms. The number of nitrogens with one attached hydrogen (secondary N) is 1. The average Bonchev–Trinajstić information content (AvgIpc) is 3.24. The van der Waals surface area contributed by atoms with E-state index in [9.17, 15) is 0 Å². The highest BCUT2D eigenvalue weighted by atomic mass is 32.1. The summed E-state index contributed by atoms with van der Waals surface area (Å²) in [6.07, 6.45) is 2.43. The molecule has 0 atom stereocenters. The minimum absolute atomic E-state index is 0.556. The van der Waals surface area contributed by atoms with Gasteiger partial charge in [0, 0.05) is 30.5 Å². The van der Waals surface area contributed by atoms with Gasteiger partial charge in [-0.1, -0.05) is 0 Å². The SMILES string of the molecule is CCNc1cc(N(C)Cc2scnc2C)nc(C2CC2)n1. The van der Waals surface area contributed by atoms with Crippen molar-refractivity contribution in [3.8, 4) is 0 Å². The van der Waals surface area contributed by atoms with E-state index in [1.54, 1.807) is 11.3 Å². The van der Waals surface area contributed by atoms with E-state index < -0.39 is 0 Å². The topological polar surface area (TPSA) is 53.9 Å². The lowest BCUT2D eigenvalue weighted by atomic mass is 10.3. The molecule has 1 N–H and O–H groups in total. The Morgan fingerprint density at radius 3 is 2.81 bits per heavy atom. The normalized spacial score (nSPS) is 14.2. The fourth-order valence-electron chi connectivity index (χ4n) is 2.22. The van der Waals surface area contributed by atoms with E-state index in [-0.39, 0.29) is 0 Å². The zero-order valence-electron chi connectivity index (χ0n) is 12.8. The van der Waals surface area contributed by atoms with Crippen LogP contribution in [-0.2, 0) is 6.54 Å². The second-order valence-corrected chi connectivity index (χ2v) is 6.43. The minimum atomic E-state index is 0.556. The van der Waals surface area contributed by atoms with Crippen LogP contribution in [0.1, 0.15) is 42.1 Å². The highest BCUT2D eigenvalue weighted by Gasteiger charge is 2.27. The van der Waals surface area contributed by atoms with Crippen LogP contribution in [0.3, 0.4) is 0 Å². The van der Waals surface area contributed by atoms with Gasteiger partial charge in [-0.3, -0.25) is 0 Å². The van der Waals surface area contributed by atoms with Gasteiger partial charge in [-0.25, -0.2) is 15.0 Å². The number of aromatic nitrogens is 3. The van der Waals surface area contributed by atoms with Gasteiger partial charge in [0.1, 0.15) is 17.5 Å². The maximum absolute atomic E-state index is 4.75. The second-order valence-electron chi connectivity index (χ2n) is 5.49. The van der Waals surface area contributed by atoms with Gasteiger partial charge in [-0.05, 0) is 26.7 Å². The summed E-state index contributed by atoms with van der Waals surface area (Å²) in [4.78, 5) is 17.1. The Hall–Kier alpha value is -1.69. The summed E-state index contributed by atoms with van der Waals surface area (Å²) in [5.41, 5.74) is 3.01. The van der Waals surface area contributed by atoms with Crippen LogP contribution < -0.4 is 10.2 Å². The lowest BCUT2D eigenvalue weighted by molar-refractivity contribution is 0.856. The highest BCUT2D eigenvalue weighted by molar-refractivity contribution is 7.09. The standard InChI is InChI=1S/C15H21N5S/c1-4-16-13-7-14(19-15(18-13)11-5-6-11)20(3)8-12-10(2)17-9-21-12/h7,9,11H,4-6,8H2,1-3H3,(H,16,18,19). The van der Waals surface area contributed by atoms with Gasteiger partial charge < -0.3 is 10.2 Å². The van der Waals surface area contributed by atoms with Crippen LogP contribution in [0.5, 0.6) is 0 Å². The van der Waals surface area contributed by atoms with Crippen molar-refractivity contribution in [3.63, 3.8) is 0 Å². The first kappa shape index (κ1) is 14.3. The lowest BCUT2D eigenvalue weighted by Crippen LogP contribution is -2.19. The summed E-state index contributed by atoms with van der Waals surface area (Å²) in [5, 5.41) is 3.31. The molecule has 0 aromatic carbocycles. The minimum Gasteiger partial charge on any atom is -0.370 e. The van der Waals surface area contributed by atoms with Crippen molar-refractivity contribution in [1.29, 1.82) is 0 Å². The van der Waals surface area contributed by atoms with Crippen LogP contribution in [0.25, 0.3) is 0 Å². The van der Waals surface area contributed by atoms with Gasteiger partial charge in [0.15, 0.2) is 0 Å². The van der Waals surface area contributed by atoms with Crippen LogP contribution >= 0.6 is 11.3 Å². The molecule has 5 nitrogen and oxygen atoms in total. The third kappa shape index (κ3) is 3.32. The Morgan fingerprint density at radius 1 is 1.38 bits per heavy atom. The van der Waals surface area contributed by atoms with Crippen molar-refractivity contribution >= 4 is 23.0 Å². The van der Waals surface area contributed by atoms with E-state index in [0.29, 0.717) is 5.92 Å². The van der Waals surface area contributed by atoms with Crippen molar-refractivity contribution in [2.24, 2.45) is 0 Å². The maximum Gasteiger partial charge on any atom is 0.136 e. The molecule has 1 fully saturated rings. The molecule has 0 saturated heterocycles. The first-order valence-corrected chi connectivity index (χ1v) is 8.28. The smallest absolute Gasteiger partial charge is 0.136 e.